The Morgan fingerprint density at radius 1 is 1.03 bits per heavy atom. The van der Waals surface area contributed by atoms with Crippen molar-refractivity contribution >= 4 is 11.8 Å². The fourth-order valence-electron chi connectivity index (χ4n) is 4.61. The number of carbonyl (C=O) groups is 2. The molecule has 0 aliphatic carbocycles. The summed E-state index contributed by atoms with van der Waals surface area (Å²) in [5.41, 5.74) is 3.27. The van der Waals surface area contributed by atoms with Gasteiger partial charge in [-0.3, -0.25) is 9.59 Å². The fraction of sp³-hybridized carbons (Fsp3) is 0.310. The van der Waals surface area contributed by atoms with E-state index in [4.69, 9.17) is 4.74 Å². The number of halogens is 2. The quantitative estimate of drug-likeness (QED) is 0.463. The van der Waals surface area contributed by atoms with Gasteiger partial charge in [-0.05, 0) is 71.5 Å². The maximum atomic E-state index is 14.1. The van der Waals surface area contributed by atoms with Gasteiger partial charge in [-0.15, -0.1) is 0 Å². The summed E-state index contributed by atoms with van der Waals surface area (Å²) in [6, 6.07) is 17.5. The predicted octanol–water partition coefficient (Wildman–Crippen LogP) is 5.32. The third-order valence-corrected chi connectivity index (χ3v) is 6.43. The van der Waals surface area contributed by atoms with E-state index in [-0.39, 0.29) is 30.0 Å². The molecule has 2 amide bonds. The highest BCUT2D eigenvalue weighted by molar-refractivity contribution is 5.81. The molecule has 3 aromatic rings. The van der Waals surface area contributed by atoms with Crippen molar-refractivity contribution < 1.29 is 23.1 Å². The second kappa shape index (κ2) is 11.3. The SMILES string of the molecule is CCC(=O)N1CCc2ccc(O[C@@H](CC)C(=O)NCc3cccc(F)c3)cc2[C@H]1c1cccc(F)c1. The fourth-order valence-corrected chi connectivity index (χ4v) is 4.61. The highest BCUT2D eigenvalue weighted by atomic mass is 19.1. The van der Waals surface area contributed by atoms with Gasteiger partial charge in [0.05, 0.1) is 6.04 Å². The molecule has 1 heterocycles. The van der Waals surface area contributed by atoms with E-state index >= 15 is 0 Å². The highest BCUT2D eigenvalue weighted by Crippen LogP contribution is 2.38. The van der Waals surface area contributed by atoms with Crippen LogP contribution in [0.25, 0.3) is 0 Å². The molecule has 2 atom stereocenters. The molecular formula is C29H30F2N2O3. The molecule has 0 saturated heterocycles. The molecule has 1 aliphatic heterocycles. The number of rotatable bonds is 8. The maximum absolute atomic E-state index is 14.1. The summed E-state index contributed by atoms with van der Waals surface area (Å²) in [6.07, 6.45) is 0.709. The van der Waals surface area contributed by atoms with Gasteiger partial charge in [0.15, 0.2) is 6.10 Å². The van der Waals surface area contributed by atoms with E-state index in [1.165, 1.54) is 24.3 Å². The van der Waals surface area contributed by atoms with Gasteiger partial charge in [0, 0.05) is 19.5 Å². The van der Waals surface area contributed by atoms with Crippen LogP contribution in [0.15, 0.2) is 66.7 Å². The molecule has 4 rings (SSSR count). The Morgan fingerprint density at radius 3 is 2.47 bits per heavy atom. The van der Waals surface area contributed by atoms with Gasteiger partial charge in [0.1, 0.15) is 17.4 Å². The average molecular weight is 493 g/mol. The Kier molecular flexibility index (Phi) is 7.98. The first-order valence-corrected chi connectivity index (χ1v) is 12.3. The van der Waals surface area contributed by atoms with Crippen molar-refractivity contribution in [3.8, 4) is 5.75 Å². The van der Waals surface area contributed by atoms with E-state index in [0.29, 0.717) is 42.7 Å². The second-order valence-corrected chi connectivity index (χ2v) is 8.87. The zero-order chi connectivity index (χ0) is 25.7. The monoisotopic (exact) mass is 492 g/mol. The summed E-state index contributed by atoms with van der Waals surface area (Å²) in [4.78, 5) is 27.4. The molecule has 0 fully saturated rings. The van der Waals surface area contributed by atoms with E-state index in [1.54, 1.807) is 23.1 Å². The molecule has 188 valence electrons. The summed E-state index contributed by atoms with van der Waals surface area (Å²) >= 11 is 0. The van der Waals surface area contributed by atoms with E-state index < -0.39 is 12.1 Å². The van der Waals surface area contributed by atoms with Crippen molar-refractivity contribution in [1.29, 1.82) is 0 Å². The summed E-state index contributed by atoms with van der Waals surface area (Å²) in [7, 11) is 0. The van der Waals surface area contributed by atoms with Crippen LogP contribution in [0, 0.1) is 11.6 Å². The van der Waals surface area contributed by atoms with Crippen molar-refractivity contribution in [2.45, 2.75) is 51.8 Å². The average Bonchev–Trinajstić information content (AvgIpc) is 2.89. The molecule has 7 heteroatoms. The number of ether oxygens (including phenoxy) is 1. The Labute approximate surface area is 210 Å². The zero-order valence-corrected chi connectivity index (χ0v) is 20.5. The van der Waals surface area contributed by atoms with Gasteiger partial charge in [0.25, 0.3) is 5.91 Å². The number of nitrogens with one attached hydrogen (secondary N) is 1. The van der Waals surface area contributed by atoms with Crippen LogP contribution in [0.2, 0.25) is 0 Å². The molecular weight excluding hydrogens is 462 g/mol. The number of amides is 2. The van der Waals surface area contributed by atoms with E-state index in [2.05, 4.69) is 5.32 Å². The molecule has 0 spiro atoms. The van der Waals surface area contributed by atoms with Crippen LogP contribution >= 0.6 is 0 Å². The number of fused-ring (bicyclic) bond motifs is 1. The van der Waals surface area contributed by atoms with Gasteiger partial charge >= 0.3 is 0 Å². The normalized spacial score (nSPS) is 15.7. The smallest absolute Gasteiger partial charge is 0.261 e. The van der Waals surface area contributed by atoms with Crippen LogP contribution in [0.5, 0.6) is 5.75 Å². The molecule has 0 saturated carbocycles. The summed E-state index contributed by atoms with van der Waals surface area (Å²) in [5, 5.41) is 2.81. The van der Waals surface area contributed by atoms with Crippen molar-refractivity contribution in [3.63, 3.8) is 0 Å². The second-order valence-electron chi connectivity index (χ2n) is 8.87. The first-order valence-electron chi connectivity index (χ1n) is 12.3. The first-order chi connectivity index (χ1) is 17.4. The minimum Gasteiger partial charge on any atom is -0.481 e. The Bertz CT molecular complexity index is 1250. The molecule has 0 unspecified atom stereocenters. The minimum atomic E-state index is -0.749. The topological polar surface area (TPSA) is 58.6 Å². The Hall–Kier alpha value is -3.74. The van der Waals surface area contributed by atoms with E-state index in [9.17, 15) is 18.4 Å². The lowest BCUT2D eigenvalue weighted by Gasteiger charge is -2.38. The van der Waals surface area contributed by atoms with E-state index in [1.807, 2.05) is 38.1 Å². The Balaban J connectivity index is 1.57. The number of nitrogens with zero attached hydrogens (tertiary/aromatic N) is 1. The lowest BCUT2D eigenvalue weighted by Crippen LogP contribution is -2.40. The van der Waals surface area contributed by atoms with E-state index in [0.717, 1.165) is 11.1 Å². The van der Waals surface area contributed by atoms with Crippen molar-refractivity contribution in [3.05, 3.63) is 101 Å². The van der Waals surface area contributed by atoms with Crippen molar-refractivity contribution in [2.75, 3.05) is 6.54 Å². The van der Waals surface area contributed by atoms with Crippen LogP contribution in [-0.2, 0) is 22.6 Å². The van der Waals surface area contributed by atoms with Gasteiger partial charge in [-0.2, -0.15) is 0 Å². The van der Waals surface area contributed by atoms with Gasteiger partial charge < -0.3 is 15.0 Å². The summed E-state index contributed by atoms with van der Waals surface area (Å²) in [5.74, 6) is -0.540. The lowest BCUT2D eigenvalue weighted by atomic mass is 9.87. The number of hydrogen-bond acceptors (Lipinski definition) is 3. The molecule has 36 heavy (non-hydrogen) atoms. The maximum Gasteiger partial charge on any atom is 0.261 e. The summed E-state index contributed by atoms with van der Waals surface area (Å²) in [6.45, 7) is 4.40. The molecule has 0 aromatic heterocycles. The molecule has 0 bridgehead atoms. The molecule has 1 aliphatic rings. The Morgan fingerprint density at radius 2 is 1.78 bits per heavy atom. The third-order valence-electron chi connectivity index (χ3n) is 6.43. The number of benzene rings is 3. The molecule has 5 nitrogen and oxygen atoms in total. The number of carbonyl (C=O) groups excluding carboxylic acids is 2. The minimum absolute atomic E-state index is 0.00982. The largest absolute Gasteiger partial charge is 0.481 e. The number of hydrogen-bond donors (Lipinski definition) is 1. The van der Waals surface area contributed by atoms with Gasteiger partial charge in [0.2, 0.25) is 5.91 Å². The molecule has 1 N–H and O–H groups in total. The third kappa shape index (κ3) is 5.73. The van der Waals surface area contributed by atoms with Gasteiger partial charge in [-0.1, -0.05) is 44.2 Å². The van der Waals surface area contributed by atoms with Gasteiger partial charge in [-0.25, -0.2) is 8.78 Å². The van der Waals surface area contributed by atoms with Crippen LogP contribution < -0.4 is 10.1 Å². The van der Waals surface area contributed by atoms with Crippen molar-refractivity contribution in [1.82, 2.24) is 10.2 Å². The predicted molar refractivity (Wildman–Crippen MR) is 133 cm³/mol. The molecule has 0 radical (unpaired) electrons. The highest BCUT2D eigenvalue weighted by Gasteiger charge is 2.32. The van der Waals surface area contributed by atoms with Crippen LogP contribution in [0.3, 0.4) is 0 Å². The zero-order valence-electron chi connectivity index (χ0n) is 20.5. The standard InChI is InChI=1S/C29H30F2N2O3/c1-3-26(29(35)32-18-19-7-5-9-22(30)15-19)36-24-12-11-20-13-14-33(27(34)4-2)28(25(20)17-24)21-8-6-10-23(31)16-21/h5-12,15-17,26,28H,3-4,13-14,18H2,1-2H3,(H,32,35)/t26-,28+/m0/s1. The summed E-state index contributed by atoms with van der Waals surface area (Å²) < 4.78 is 33.6. The van der Waals surface area contributed by atoms with Crippen LogP contribution in [-0.4, -0.2) is 29.4 Å². The van der Waals surface area contributed by atoms with Crippen LogP contribution in [0.1, 0.15) is 55.0 Å². The lowest BCUT2D eigenvalue weighted by molar-refractivity contribution is -0.133. The first kappa shape index (κ1) is 25.4. The molecule has 3 aromatic carbocycles. The van der Waals surface area contributed by atoms with Crippen molar-refractivity contribution in [2.24, 2.45) is 0 Å². The van der Waals surface area contributed by atoms with Crippen LogP contribution in [0.4, 0.5) is 8.78 Å².